The number of carboxylic acid groups (broad SMARTS) is 1. The molecule has 0 radical (unpaired) electrons. The average molecular weight is 343 g/mol. The van der Waals surface area contributed by atoms with E-state index in [9.17, 15) is 14.4 Å². The highest BCUT2D eigenvalue weighted by Crippen LogP contribution is 2.04. The van der Waals surface area contributed by atoms with Gasteiger partial charge in [-0.05, 0) is 35.3 Å². The molecule has 0 bridgehead atoms. The van der Waals surface area contributed by atoms with Crippen LogP contribution < -0.4 is 10.9 Å². The minimum absolute atomic E-state index is 0.199. The van der Waals surface area contributed by atoms with Gasteiger partial charge in [0.2, 0.25) is 5.91 Å². The maximum Gasteiger partial charge on any atom is 0.326 e. The molecule has 1 atom stereocenters. The van der Waals surface area contributed by atoms with Crippen LogP contribution in [0.15, 0.2) is 39.7 Å². The van der Waals surface area contributed by atoms with E-state index in [0.717, 1.165) is 0 Å². The third-order valence-corrected chi connectivity index (χ3v) is 2.97. The summed E-state index contributed by atoms with van der Waals surface area (Å²) in [7, 11) is 0. The number of allylic oxidation sites excluding steroid dienone is 1. The van der Waals surface area contributed by atoms with Crippen LogP contribution in [0, 0.1) is 0 Å². The molecule has 2 N–H and O–H groups in total. The average Bonchev–Trinajstić information content (AvgIpc) is 2.38. The van der Waals surface area contributed by atoms with Gasteiger partial charge in [-0.15, -0.1) is 0 Å². The predicted octanol–water partition coefficient (Wildman–Crippen LogP) is 1.15. The van der Waals surface area contributed by atoms with Crippen molar-refractivity contribution in [2.45, 2.75) is 25.9 Å². The number of hydrogen-bond acceptors (Lipinski definition) is 3. The van der Waals surface area contributed by atoms with Crippen molar-refractivity contribution in [3.05, 3.63) is 45.3 Å². The van der Waals surface area contributed by atoms with Gasteiger partial charge in [0.1, 0.15) is 12.6 Å². The molecule has 1 aromatic rings. The number of rotatable bonds is 6. The fourth-order valence-electron chi connectivity index (χ4n) is 1.51. The highest BCUT2D eigenvalue weighted by Gasteiger charge is 2.18. The maximum absolute atomic E-state index is 11.8. The van der Waals surface area contributed by atoms with Crippen LogP contribution in [0.25, 0.3) is 0 Å². The van der Waals surface area contributed by atoms with E-state index in [0.29, 0.717) is 4.47 Å². The molecule has 7 heteroatoms. The van der Waals surface area contributed by atoms with Crippen LogP contribution >= 0.6 is 15.9 Å². The van der Waals surface area contributed by atoms with E-state index in [2.05, 4.69) is 21.2 Å². The van der Waals surface area contributed by atoms with Crippen molar-refractivity contribution in [1.82, 2.24) is 9.88 Å². The number of aliphatic carboxylic acids is 1. The molecule has 1 amide bonds. The zero-order valence-corrected chi connectivity index (χ0v) is 12.5. The summed E-state index contributed by atoms with van der Waals surface area (Å²) >= 11 is 3.20. The first-order chi connectivity index (χ1) is 9.43. The fourth-order valence-corrected chi connectivity index (χ4v) is 1.89. The molecule has 1 rings (SSSR count). The second-order valence-corrected chi connectivity index (χ2v) is 4.99. The van der Waals surface area contributed by atoms with E-state index in [1.807, 2.05) is 0 Å². The van der Waals surface area contributed by atoms with Gasteiger partial charge in [0.25, 0.3) is 5.56 Å². The Labute approximate surface area is 124 Å². The van der Waals surface area contributed by atoms with E-state index in [1.54, 1.807) is 25.1 Å². The van der Waals surface area contributed by atoms with Gasteiger partial charge < -0.3 is 15.0 Å². The molecule has 1 unspecified atom stereocenters. The van der Waals surface area contributed by atoms with Crippen molar-refractivity contribution in [3.63, 3.8) is 0 Å². The van der Waals surface area contributed by atoms with E-state index in [-0.39, 0.29) is 18.5 Å². The normalized spacial score (nSPS) is 12.3. The molecule has 6 nitrogen and oxygen atoms in total. The third-order valence-electron chi connectivity index (χ3n) is 2.50. The summed E-state index contributed by atoms with van der Waals surface area (Å²) in [6, 6.07) is 1.90. The summed E-state index contributed by atoms with van der Waals surface area (Å²) in [6.07, 6.45) is 5.04. The Morgan fingerprint density at radius 1 is 1.50 bits per heavy atom. The third kappa shape index (κ3) is 5.00. The highest BCUT2D eigenvalue weighted by molar-refractivity contribution is 9.10. The number of aromatic nitrogens is 1. The molecule has 0 fully saturated rings. The van der Waals surface area contributed by atoms with Crippen LogP contribution in [0.4, 0.5) is 0 Å². The lowest BCUT2D eigenvalue weighted by atomic mass is 10.2. The summed E-state index contributed by atoms with van der Waals surface area (Å²) < 4.78 is 1.86. The van der Waals surface area contributed by atoms with Crippen LogP contribution in [-0.4, -0.2) is 27.6 Å². The number of carbonyl (C=O) groups is 2. The van der Waals surface area contributed by atoms with Crippen molar-refractivity contribution in [2.75, 3.05) is 0 Å². The summed E-state index contributed by atoms with van der Waals surface area (Å²) in [4.78, 5) is 34.3. The number of hydrogen-bond donors (Lipinski definition) is 2. The molecule has 1 aromatic heterocycles. The number of nitrogens with one attached hydrogen (secondary N) is 1. The van der Waals surface area contributed by atoms with Gasteiger partial charge in [-0.25, -0.2) is 4.79 Å². The first-order valence-electron chi connectivity index (χ1n) is 5.93. The zero-order chi connectivity index (χ0) is 15.1. The number of halogens is 1. The number of nitrogens with zero attached hydrogens (tertiary/aromatic N) is 1. The summed E-state index contributed by atoms with van der Waals surface area (Å²) in [5.74, 6) is -1.64. The number of amides is 1. The van der Waals surface area contributed by atoms with Crippen LogP contribution in [0.5, 0.6) is 0 Å². The predicted molar refractivity (Wildman–Crippen MR) is 77.4 cm³/mol. The monoisotopic (exact) mass is 342 g/mol. The molecule has 0 spiro atoms. The molecule has 0 aliphatic heterocycles. The highest BCUT2D eigenvalue weighted by atomic mass is 79.9. The molecule has 108 valence electrons. The van der Waals surface area contributed by atoms with Gasteiger partial charge in [-0.2, -0.15) is 0 Å². The van der Waals surface area contributed by atoms with E-state index in [1.165, 1.54) is 16.8 Å². The second kappa shape index (κ2) is 7.64. The molecule has 20 heavy (non-hydrogen) atoms. The van der Waals surface area contributed by atoms with Crippen LogP contribution in [-0.2, 0) is 16.1 Å². The lowest BCUT2D eigenvalue weighted by molar-refractivity contribution is -0.141. The van der Waals surface area contributed by atoms with Gasteiger partial charge in [0, 0.05) is 16.7 Å². The number of carbonyl (C=O) groups excluding carboxylic acids is 1. The smallest absolute Gasteiger partial charge is 0.326 e. The standard InChI is InChI=1S/C13H15BrN2O4/c1-2-3-4-10(13(19)20)15-11(17)8-16-7-9(14)5-6-12(16)18/h2-3,5-7,10H,4,8H2,1H3,(H,15,17)(H,19,20)/b3-2+. The Kier molecular flexibility index (Phi) is 6.17. The van der Waals surface area contributed by atoms with Gasteiger partial charge >= 0.3 is 5.97 Å². The minimum atomic E-state index is -1.11. The number of pyridine rings is 1. The fraction of sp³-hybridized carbons (Fsp3) is 0.308. The molecule has 0 aliphatic carbocycles. The van der Waals surface area contributed by atoms with Crippen LogP contribution in [0.1, 0.15) is 13.3 Å². The van der Waals surface area contributed by atoms with Gasteiger partial charge in [0.05, 0.1) is 0 Å². The molecular formula is C13H15BrN2O4. The molecule has 0 saturated heterocycles. The molecule has 0 aromatic carbocycles. The maximum atomic E-state index is 11.8. The van der Waals surface area contributed by atoms with Gasteiger partial charge in [0.15, 0.2) is 0 Å². The Morgan fingerprint density at radius 3 is 2.80 bits per heavy atom. The van der Waals surface area contributed by atoms with E-state index >= 15 is 0 Å². The number of carboxylic acids is 1. The molecular weight excluding hydrogens is 328 g/mol. The van der Waals surface area contributed by atoms with Crippen molar-refractivity contribution in [2.24, 2.45) is 0 Å². The topological polar surface area (TPSA) is 88.4 Å². The summed E-state index contributed by atoms with van der Waals surface area (Å²) in [5.41, 5.74) is -0.330. The summed E-state index contributed by atoms with van der Waals surface area (Å²) in [5, 5.41) is 11.4. The Morgan fingerprint density at radius 2 is 2.20 bits per heavy atom. The first kappa shape index (κ1) is 16.2. The molecule has 0 aliphatic rings. The van der Waals surface area contributed by atoms with Crippen LogP contribution in [0.2, 0.25) is 0 Å². The molecule has 0 saturated carbocycles. The lowest BCUT2D eigenvalue weighted by Gasteiger charge is -2.13. The lowest BCUT2D eigenvalue weighted by Crippen LogP contribution is -2.43. The quantitative estimate of drug-likeness (QED) is 0.759. The first-order valence-corrected chi connectivity index (χ1v) is 6.72. The van der Waals surface area contributed by atoms with E-state index < -0.39 is 17.9 Å². The Hall–Kier alpha value is -1.89. The SMILES string of the molecule is C/C=C/CC(NC(=O)Cn1cc(Br)ccc1=O)C(=O)O. The summed E-state index contributed by atoms with van der Waals surface area (Å²) in [6.45, 7) is 1.54. The minimum Gasteiger partial charge on any atom is -0.480 e. The van der Waals surface area contributed by atoms with E-state index in [4.69, 9.17) is 5.11 Å². The van der Waals surface area contributed by atoms with Crippen molar-refractivity contribution >= 4 is 27.8 Å². The molecule has 1 heterocycles. The van der Waals surface area contributed by atoms with Gasteiger partial charge in [-0.1, -0.05) is 12.2 Å². The largest absolute Gasteiger partial charge is 0.480 e. The zero-order valence-electron chi connectivity index (χ0n) is 10.9. The Bertz CT molecular complexity index is 580. The van der Waals surface area contributed by atoms with Crippen molar-refractivity contribution < 1.29 is 14.7 Å². The van der Waals surface area contributed by atoms with Gasteiger partial charge in [-0.3, -0.25) is 9.59 Å². The van der Waals surface area contributed by atoms with Crippen LogP contribution in [0.3, 0.4) is 0 Å². The Balaban J connectivity index is 2.72. The van der Waals surface area contributed by atoms with Crippen molar-refractivity contribution in [1.29, 1.82) is 0 Å². The second-order valence-electron chi connectivity index (χ2n) is 4.08. The van der Waals surface area contributed by atoms with Crippen molar-refractivity contribution in [3.8, 4) is 0 Å².